The van der Waals surface area contributed by atoms with Crippen LogP contribution in [-0.4, -0.2) is 4.98 Å². The molecule has 0 saturated heterocycles. The van der Waals surface area contributed by atoms with Crippen LogP contribution in [0.2, 0.25) is 0 Å². The third-order valence-corrected chi connectivity index (χ3v) is 3.68. The quantitative estimate of drug-likeness (QED) is 0.463. The van der Waals surface area contributed by atoms with Crippen LogP contribution in [0.1, 0.15) is 93.0 Å². The highest BCUT2D eigenvalue weighted by molar-refractivity contribution is 5.71. The standard InChI is InChI=1S/C21H25NO.3C2H6/c1-6-10-18(13-15(3)4)16(5)14-17(7-2)21-22-19-11-8-9-12-20(19)23-21;3*1-2/h6-7,9-10,12-14H,3,8,11H2,1-2,4-5H3;3*1-2H3/b10-6-,16-14+,17-7+,18-13+;;;. The minimum Gasteiger partial charge on any atom is -0.436 e. The molecule has 0 spiro atoms. The van der Waals surface area contributed by atoms with Crippen LogP contribution >= 0.6 is 0 Å². The summed E-state index contributed by atoms with van der Waals surface area (Å²) in [4.78, 5) is 4.66. The van der Waals surface area contributed by atoms with Gasteiger partial charge in [-0.25, -0.2) is 4.98 Å². The van der Waals surface area contributed by atoms with Crippen molar-refractivity contribution in [1.82, 2.24) is 4.98 Å². The van der Waals surface area contributed by atoms with E-state index in [1.54, 1.807) is 0 Å². The highest BCUT2D eigenvalue weighted by Gasteiger charge is 2.15. The van der Waals surface area contributed by atoms with E-state index >= 15 is 0 Å². The first kappa shape index (κ1) is 28.9. The second kappa shape index (κ2) is 17.7. The Labute approximate surface area is 180 Å². The van der Waals surface area contributed by atoms with Crippen LogP contribution in [0.3, 0.4) is 0 Å². The molecule has 0 N–H and O–H groups in total. The van der Waals surface area contributed by atoms with E-state index in [4.69, 9.17) is 4.42 Å². The Kier molecular flexibility index (Phi) is 17.6. The minimum absolute atomic E-state index is 0.693. The fraction of sp³-hybridized carbons (Fsp3) is 0.444. The van der Waals surface area contributed by atoms with Gasteiger partial charge in [-0.2, -0.15) is 0 Å². The maximum Gasteiger partial charge on any atom is 0.226 e. The topological polar surface area (TPSA) is 26.0 Å². The number of oxazole rings is 1. The van der Waals surface area contributed by atoms with Crippen LogP contribution in [0, 0.1) is 0 Å². The van der Waals surface area contributed by atoms with Gasteiger partial charge in [-0.05, 0) is 63.8 Å². The van der Waals surface area contributed by atoms with Gasteiger partial charge in [0.1, 0.15) is 0 Å². The molecule has 1 aliphatic rings. The van der Waals surface area contributed by atoms with Gasteiger partial charge in [0.2, 0.25) is 5.89 Å². The number of rotatable bonds is 5. The Hall–Kier alpha value is -2.35. The Morgan fingerprint density at radius 1 is 1.03 bits per heavy atom. The van der Waals surface area contributed by atoms with Crippen LogP contribution in [0.15, 0.2) is 64.2 Å². The van der Waals surface area contributed by atoms with E-state index in [1.807, 2.05) is 80.5 Å². The Balaban J connectivity index is 0. The lowest BCUT2D eigenvalue weighted by atomic mass is 10.0. The Morgan fingerprint density at radius 2 is 1.66 bits per heavy atom. The second-order valence-electron chi connectivity index (χ2n) is 5.79. The maximum absolute atomic E-state index is 5.91. The van der Waals surface area contributed by atoms with Crippen LogP contribution in [0.25, 0.3) is 11.6 Å². The predicted octanol–water partition coefficient (Wildman–Crippen LogP) is 9.14. The normalized spacial score (nSPS) is 13.4. The van der Waals surface area contributed by atoms with Crippen molar-refractivity contribution >= 4 is 11.6 Å². The monoisotopic (exact) mass is 397 g/mol. The summed E-state index contributed by atoms with van der Waals surface area (Å²) in [6.07, 6.45) is 16.5. The summed E-state index contributed by atoms with van der Waals surface area (Å²) < 4.78 is 5.91. The smallest absolute Gasteiger partial charge is 0.226 e. The van der Waals surface area contributed by atoms with Crippen molar-refractivity contribution in [1.29, 1.82) is 0 Å². The van der Waals surface area contributed by atoms with Crippen molar-refractivity contribution in [3.8, 4) is 0 Å². The molecule has 0 saturated carbocycles. The molecule has 1 aromatic heterocycles. The van der Waals surface area contributed by atoms with Crippen molar-refractivity contribution in [2.75, 3.05) is 0 Å². The van der Waals surface area contributed by atoms with Crippen molar-refractivity contribution in [3.05, 3.63) is 77.1 Å². The summed E-state index contributed by atoms with van der Waals surface area (Å²) >= 11 is 0. The number of fused-ring (bicyclic) bond motifs is 1. The van der Waals surface area contributed by atoms with E-state index in [2.05, 4.69) is 42.8 Å². The first-order valence-corrected chi connectivity index (χ1v) is 11.1. The molecular formula is C27H43NO. The zero-order valence-corrected chi connectivity index (χ0v) is 20.5. The summed E-state index contributed by atoms with van der Waals surface area (Å²) in [5, 5.41) is 0. The van der Waals surface area contributed by atoms with Crippen LogP contribution in [0.4, 0.5) is 0 Å². The highest BCUT2D eigenvalue weighted by atomic mass is 16.4. The molecule has 2 heteroatoms. The third kappa shape index (κ3) is 10.1. The lowest BCUT2D eigenvalue weighted by molar-refractivity contribution is 0.531. The predicted molar refractivity (Wildman–Crippen MR) is 133 cm³/mol. The molecule has 0 aromatic carbocycles. The number of hydrogen-bond acceptors (Lipinski definition) is 2. The first-order chi connectivity index (χ1) is 14.0. The molecule has 1 aliphatic carbocycles. The molecule has 162 valence electrons. The van der Waals surface area contributed by atoms with E-state index in [0.717, 1.165) is 46.6 Å². The largest absolute Gasteiger partial charge is 0.436 e. The number of aryl methyl sites for hydroxylation is 1. The van der Waals surface area contributed by atoms with Gasteiger partial charge < -0.3 is 4.42 Å². The van der Waals surface area contributed by atoms with Crippen molar-refractivity contribution in [2.24, 2.45) is 0 Å². The fourth-order valence-corrected chi connectivity index (χ4v) is 2.53. The molecule has 1 aromatic rings. The van der Waals surface area contributed by atoms with E-state index in [-0.39, 0.29) is 0 Å². The minimum atomic E-state index is 0.693. The van der Waals surface area contributed by atoms with E-state index in [0.29, 0.717) is 5.89 Å². The van der Waals surface area contributed by atoms with E-state index < -0.39 is 0 Å². The number of aromatic nitrogens is 1. The molecule has 0 amide bonds. The molecule has 0 fully saturated rings. The van der Waals surface area contributed by atoms with E-state index in [9.17, 15) is 0 Å². The number of hydrogen-bond donors (Lipinski definition) is 0. The summed E-state index contributed by atoms with van der Waals surface area (Å²) in [6.45, 7) is 24.1. The van der Waals surface area contributed by atoms with Crippen molar-refractivity contribution in [3.63, 3.8) is 0 Å². The molecule has 0 atom stereocenters. The summed E-state index contributed by atoms with van der Waals surface area (Å²) in [6, 6.07) is 0. The second-order valence-corrected chi connectivity index (χ2v) is 5.79. The first-order valence-electron chi connectivity index (χ1n) is 11.1. The van der Waals surface area contributed by atoms with Gasteiger partial charge in [0, 0.05) is 5.57 Å². The van der Waals surface area contributed by atoms with Gasteiger partial charge in [0.15, 0.2) is 5.76 Å². The van der Waals surface area contributed by atoms with Crippen LogP contribution in [-0.2, 0) is 6.42 Å². The SMILES string of the molecule is C=C(C)/C=C(\C=C/C)C(/C)=C/C(=C\C)c1nc2c(o1)C=CCC2.CC.CC.CC. The fourth-order valence-electron chi connectivity index (χ4n) is 2.53. The molecule has 0 aliphatic heterocycles. The third-order valence-electron chi connectivity index (χ3n) is 3.68. The molecule has 0 bridgehead atoms. The van der Waals surface area contributed by atoms with Gasteiger partial charge >= 0.3 is 0 Å². The van der Waals surface area contributed by atoms with Gasteiger partial charge in [0.05, 0.1) is 5.69 Å². The van der Waals surface area contributed by atoms with Gasteiger partial charge in [0.25, 0.3) is 0 Å². The molecule has 0 unspecified atom stereocenters. The highest BCUT2D eigenvalue weighted by Crippen LogP contribution is 2.26. The summed E-state index contributed by atoms with van der Waals surface area (Å²) in [5.74, 6) is 1.58. The maximum atomic E-state index is 5.91. The molecule has 29 heavy (non-hydrogen) atoms. The zero-order chi connectivity index (χ0) is 22.8. The molecule has 0 radical (unpaired) electrons. The van der Waals surface area contributed by atoms with Crippen molar-refractivity contribution < 1.29 is 4.42 Å². The van der Waals surface area contributed by atoms with Crippen LogP contribution < -0.4 is 0 Å². The average Bonchev–Trinajstić information content (AvgIpc) is 3.19. The lowest BCUT2D eigenvalue weighted by Gasteiger charge is -2.05. The number of allylic oxidation sites excluding steroid dienone is 10. The molecule has 2 nitrogen and oxygen atoms in total. The van der Waals surface area contributed by atoms with Crippen molar-refractivity contribution in [2.45, 2.75) is 82.1 Å². The molecular weight excluding hydrogens is 354 g/mol. The van der Waals surface area contributed by atoms with Gasteiger partial charge in [-0.15, -0.1) is 0 Å². The van der Waals surface area contributed by atoms with Crippen LogP contribution in [0.5, 0.6) is 0 Å². The number of nitrogens with zero attached hydrogens (tertiary/aromatic N) is 1. The lowest BCUT2D eigenvalue weighted by Crippen LogP contribution is -1.91. The average molecular weight is 398 g/mol. The summed E-state index contributed by atoms with van der Waals surface area (Å²) in [5.41, 5.74) is 5.40. The molecule has 1 heterocycles. The summed E-state index contributed by atoms with van der Waals surface area (Å²) in [7, 11) is 0. The van der Waals surface area contributed by atoms with Gasteiger partial charge in [-0.1, -0.05) is 84.1 Å². The Morgan fingerprint density at radius 3 is 2.14 bits per heavy atom. The zero-order valence-electron chi connectivity index (χ0n) is 20.5. The van der Waals surface area contributed by atoms with Gasteiger partial charge in [-0.3, -0.25) is 0 Å². The van der Waals surface area contributed by atoms with E-state index in [1.165, 1.54) is 0 Å². The Bertz CT molecular complexity index is 737. The molecule has 2 rings (SSSR count).